The summed E-state index contributed by atoms with van der Waals surface area (Å²) >= 11 is 0. The lowest BCUT2D eigenvalue weighted by atomic mass is 9.93. The molecule has 0 aliphatic rings. The van der Waals surface area contributed by atoms with E-state index >= 15 is 0 Å². The van der Waals surface area contributed by atoms with E-state index in [1.54, 1.807) is 48.2 Å². The molecule has 0 aliphatic heterocycles. The minimum Gasteiger partial charge on any atom is -0.368 e. The van der Waals surface area contributed by atoms with Crippen LogP contribution in [0.25, 0.3) is 46.3 Å². The standard InChI is InChI=1S/C37H32N16O5S/c1-52(23-12-5-3-6-13-23)36-46-28(44-34(38)48-36)30-42-32(57-50-30)25-16-10-18-40-26(25)22(20-59(54,55)56)19-21-11-9-17-41-27(21)33-43-31(51-58-33)29-45-35(39)49-37(47-29)53(2)24-14-7-4-8-15-24/h3-18,22H,19-20H2,1-2H3,(H,54,55,56)(H2,38,44,46,48)(H2,39,45,47,49). The molecule has 0 spiro atoms. The van der Waals surface area contributed by atoms with Gasteiger partial charge in [-0.1, -0.05) is 52.8 Å². The molecule has 1 unspecified atom stereocenters. The molecule has 6 heterocycles. The Bertz CT molecular complexity index is 2860. The van der Waals surface area contributed by atoms with Gasteiger partial charge in [0.05, 0.1) is 17.0 Å². The molecule has 6 aromatic heterocycles. The van der Waals surface area contributed by atoms with Crippen molar-refractivity contribution in [1.82, 2.24) is 60.2 Å². The SMILES string of the molecule is CN(c1ccccc1)c1nc(N)nc(-c2noc(-c3cccnc3C(Cc3cccnc3-c3nc(-c4nc(N)nc(N(C)c5ccccc5)n4)no3)CS(=O)(=O)O)n2)n1. The van der Waals surface area contributed by atoms with E-state index in [0.29, 0.717) is 5.56 Å². The number of pyridine rings is 2. The zero-order valence-corrected chi connectivity index (χ0v) is 31.9. The van der Waals surface area contributed by atoms with Crippen LogP contribution in [0.15, 0.2) is 106 Å². The van der Waals surface area contributed by atoms with Gasteiger partial charge in [0, 0.05) is 43.8 Å². The molecule has 0 saturated heterocycles. The Hall–Kier alpha value is -7.85. The number of hydrogen-bond donors (Lipinski definition) is 3. The van der Waals surface area contributed by atoms with Crippen molar-refractivity contribution in [3.8, 4) is 46.3 Å². The molecule has 59 heavy (non-hydrogen) atoms. The van der Waals surface area contributed by atoms with Crippen molar-refractivity contribution in [2.75, 3.05) is 41.1 Å². The van der Waals surface area contributed by atoms with Crippen LogP contribution in [0.4, 0.5) is 35.2 Å². The number of para-hydroxylation sites is 2. The fourth-order valence-corrected chi connectivity index (χ4v) is 6.89. The van der Waals surface area contributed by atoms with Gasteiger partial charge < -0.3 is 30.3 Å². The van der Waals surface area contributed by atoms with Crippen LogP contribution < -0.4 is 21.3 Å². The molecule has 22 heteroatoms. The molecule has 5 N–H and O–H groups in total. The maximum atomic E-state index is 12.5. The first-order valence-electron chi connectivity index (χ1n) is 17.6. The van der Waals surface area contributed by atoms with Crippen LogP contribution >= 0.6 is 0 Å². The van der Waals surface area contributed by atoms with Gasteiger partial charge in [0.2, 0.25) is 47.1 Å². The summed E-state index contributed by atoms with van der Waals surface area (Å²) in [5, 5.41) is 8.16. The summed E-state index contributed by atoms with van der Waals surface area (Å²) in [5.74, 6) is -1.37. The van der Waals surface area contributed by atoms with Crippen molar-refractivity contribution in [2.45, 2.75) is 12.3 Å². The minimum atomic E-state index is -4.58. The average molecular weight is 813 g/mol. The highest BCUT2D eigenvalue weighted by atomic mass is 32.2. The second-order valence-corrected chi connectivity index (χ2v) is 14.4. The maximum absolute atomic E-state index is 12.5. The summed E-state index contributed by atoms with van der Waals surface area (Å²) in [6.07, 6.45) is 2.96. The molecule has 0 radical (unpaired) electrons. The third kappa shape index (κ3) is 8.47. The van der Waals surface area contributed by atoms with Crippen LogP contribution in [0.2, 0.25) is 0 Å². The summed E-state index contributed by atoms with van der Waals surface area (Å²) in [7, 11) is -1.03. The van der Waals surface area contributed by atoms with Crippen molar-refractivity contribution in [3.05, 3.63) is 109 Å². The van der Waals surface area contributed by atoms with Gasteiger partial charge in [0.15, 0.2) is 0 Å². The molecule has 1 atom stereocenters. The number of benzene rings is 2. The Morgan fingerprint density at radius 1 is 0.627 bits per heavy atom. The lowest BCUT2D eigenvalue weighted by Gasteiger charge is -2.18. The van der Waals surface area contributed by atoms with Gasteiger partial charge in [-0.05, 0) is 54.4 Å². The Labute approximate surface area is 335 Å². The van der Waals surface area contributed by atoms with Crippen LogP contribution in [0.5, 0.6) is 0 Å². The number of rotatable bonds is 13. The van der Waals surface area contributed by atoms with E-state index in [1.165, 1.54) is 12.4 Å². The van der Waals surface area contributed by atoms with Crippen molar-refractivity contribution in [1.29, 1.82) is 0 Å². The van der Waals surface area contributed by atoms with E-state index in [4.69, 9.17) is 20.5 Å². The third-order valence-corrected chi connectivity index (χ3v) is 9.67. The predicted molar refractivity (Wildman–Crippen MR) is 213 cm³/mol. The zero-order chi connectivity index (χ0) is 41.1. The van der Waals surface area contributed by atoms with Gasteiger partial charge in [-0.15, -0.1) is 0 Å². The van der Waals surface area contributed by atoms with Crippen molar-refractivity contribution >= 4 is 45.3 Å². The minimum absolute atomic E-state index is 0.000811. The van der Waals surface area contributed by atoms with Crippen LogP contribution in [-0.2, 0) is 16.5 Å². The fourth-order valence-electron chi connectivity index (χ4n) is 6.10. The zero-order valence-electron chi connectivity index (χ0n) is 31.1. The predicted octanol–water partition coefficient (Wildman–Crippen LogP) is 4.19. The summed E-state index contributed by atoms with van der Waals surface area (Å²) in [4.78, 5) is 47.4. The van der Waals surface area contributed by atoms with Crippen LogP contribution in [0.3, 0.4) is 0 Å². The van der Waals surface area contributed by atoms with E-state index < -0.39 is 21.8 Å². The highest BCUT2D eigenvalue weighted by Crippen LogP contribution is 2.34. The molecule has 2 aromatic carbocycles. The maximum Gasteiger partial charge on any atom is 0.277 e. The highest BCUT2D eigenvalue weighted by Gasteiger charge is 2.29. The molecule has 21 nitrogen and oxygen atoms in total. The number of aromatic nitrogens is 12. The van der Waals surface area contributed by atoms with Gasteiger partial charge in [-0.2, -0.15) is 48.3 Å². The quantitative estimate of drug-likeness (QED) is 0.137. The van der Waals surface area contributed by atoms with Gasteiger partial charge in [0.25, 0.3) is 21.9 Å². The van der Waals surface area contributed by atoms with Crippen LogP contribution in [0, 0.1) is 0 Å². The van der Waals surface area contributed by atoms with Crippen molar-refractivity contribution in [2.24, 2.45) is 0 Å². The summed E-state index contributed by atoms with van der Waals surface area (Å²) in [6.45, 7) is 0. The average Bonchev–Trinajstić information content (AvgIpc) is 3.95. The number of nitrogens with zero attached hydrogens (tertiary/aromatic N) is 14. The van der Waals surface area contributed by atoms with Crippen LogP contribution in [0.1, 0.15) is 17.2 Å². The lowest BCUT2D eigenvalue weighted by Crippen LogP contribution is -2.18. The molecule has 8 aromatic rings. The molecule has 0 aliphatic carbocycles. The second-order valence-electron chi connectivity index (χ2n) is 12.9. The summed E-state index contributed by atoms with van der Waals surface area (Å²) in [5.41, 5.74) is 14.9. The normalized spacial score (nSPS) is 12.0. The Morgan fingerprint density at radius 2 is 1.15 bits per heavy atom. The number of nitrogen functional groups attached to an aromatic ring is 2. The fraction of sp³-hybridized carbons (Fsp3) is 0.135. The number of hydrogen-bond acceptors (Lipinski definition) is 20. The molecule has 0 amide bonds. The van der Waals surface area contributed by atoms with Crippen molar-refractivity contribution in [3.63, 3.8) is 0 Å². The van der Waals surface area contributed by atoms with Crippen molar-refractivity contribution < 1.29 is 22.0 Å². The molecule has 0 fully saturated rings. The first-order valence-corrected chi connectivity index (χ1v) is 19.2. The molecule has 8 rings (SSSR count). The Kier molecular flexibility index (Phi) is 10.3. The first kappa shape index (κ1) is 38.0. The van der Waals surface area contributed by atoms with Gasteiger partial charge in [-0.3, -0.25) is 14.5 Å². The Morgan fingerprint density at radius 3 is 1.73 bits per heavy atom. The molecule has 296 valence electrons. The van der Waals surface area contributed by atoms with E-state index in [1.807, 2.05) is 60.7 Å². The highest BCUT2D eigenvalue weighted by molar-refractivity contribution is 7.85. The van der Waals surface area contributed by atoms with E-state index in [9.17, 15) is 13.0 Å². The second kappa shape index (κ2) is 16.0. The van der Waals surface area contributed by atoms with Gasteiger partial charge in [-0.25, -0.2) is 0 Å². The van der Waals surface area contributed by atoms with E-state index in [2.05, 4.69) is 60.2 Å². The Balaban J connectivity index is 1.10. The lowest BCUT2D eigenvalue weighted by molar-refractivity contribution is 0.429. The van der Waals surface area contributed by atoms with Crippen LogP contribution in [-0.4, -0.2) is 93.0 Å². The topological polar surface area (TPSA) is 294 Å². The van der Waals surface area contributed by atoms with E-state index in [0.717, 1.165) is 11.4 Å². The monoisotopic (exact) mass is 812 g/mol. The number of anilines is 6. The largest absolute Gasteiger partial charge is 0.368 e. The van der Waals surface area contributed by atoms with Gasteiger partial charge >= 0.3 is 0 Å². The summed E-state index contributed by atoms with van der Waals surface area (Å²) < 4.78 is 46.5. The molecule has 0 bridgehead atoms. The third-order valence-electron chi connectivity index (χ3n) is 8.85. The van der Waals surface area contributed by atoms with Gasteiger partial charge in [0.1, 0.15) is 5.69 Å². The summed E-state index contributed by atoms with van der Waals surface area (Å²) in [6, 6.07) is 25.4. The molecular weight excluding hydrogens is 781 g/mol. The smallest absolute Gasteiger partial charge is 0.277 e. The van der Waals surface area contributed by atoms with E-state index in [-0.39, 0.29) is 82.2 Å². The molecular formula is C37H32N16O5S. The molecule has 0 saturated carbocycles. The number of nitrogens with two attached hydrogens (primary N) is 2. The first-order chi connectivity index (χ1) is 28.5.